The van der Waals surface area contributed by atoms with E-state index in [1.54, 1.807) is 0 Å². The predicted molar refractivity (Wildman–Crippen MR) is 60.8 cm³/mol. The van der Waals surface area contributed by atoms with Gasteiger partial charge < -0.3 is 10.2 Å². The minimum Gasteiger partial charge on any atom is -0.394 e. The van der Waals surface area contributed by atoms with Crippen LogP contribution >= 0.6 is 27.7 Å². The lowest BCUT2D eigenvalue weighted by molar-refractivity contribution is -0.140. The number of aliphatic hydroxyl groups is 2. The Bertz CT molecular complexity index is 389. The molecule has 0 saturated heterocycles. The normalized spacial score (nSPS) is 13.8. The summed E-state index contributed by atoms with van der Waals surface area (Å²) in [5.74, 6) is -0.0474. The molecular weight excluding hydrogens is 323 g/mol. The molecule has 1 heterocycles. The van der Waals surface area contributed by atoms with E-state index in [0.29, 0.717) is 0 Å². The number of hydrogen-bond acceptors (Lipinski definition) is 4. The van der Waals surface area contributed by atoms with E-state index in [1.807, 2.05) is 0 Å². The molecule has 0 radical (unpaired) electrons. The first kappa shape index (κ1) is 14.7. The maximum atomic E-state index is 12.6. The Kier molecular flexibility index (Phi) is 5.23. The Morgan fingerprint density at radius 2 is 2.12 bits per heavy atom. The number of aliphatic hydroxyl groups excluding tert-OH is 2. The van der Waals surface area contributed by atoms with Gasteiger partial charge in [-0.2, -0.15) is 13.2 Å². The molecule has 0 aliphatic carbocycles. The second kappa shape index (κ2) is 6.03. The highest BCUT2D eigenvalue weighted by molar-refractivity contribution is 9.10. The van der Waals surface area contributed by atoms with Crippen LogP contribution in [0.15, 0.2) is 21.8 Å². The standard InChI is InChI=1S/C9H9BrF3NO2S/c10-5-1-7(9(11,12)13)8(14-2-5)17-4-6(16)3-15/h1-2,6,15-16H,3-4H2. The number of thioether (sulfide) groups is 1. The smallest absolute Gasteiger partial charge is 0.394 e. The molecule has 0 aliphatic rings. The van der Waals surface area contributed by atoms with Crippen molar-refractivity contribution in [2.75, 3.05) is 12.4 Å². The molecule has 1 rings (SSSR count). The zero-order valence-electron chi connectivity index (χ0n) is 8.41. The van der Waals surface area contributed by atoms with Gasteiger partial charge in [0.25, 0.3) is 0 Å². The van der Waals surface area contributed by atoms with Gasteiger partial charge in [0, 0.05) is 16.4 Å². The number of rotatable bonds is 4. The highest BCUT2D eigenvalue weighted by atomic mass is 79.9. The molecule has 2 N–H and O–H groups in total. The van der Waals surface area contributed by atoms with Gasteiger partial charge in [-0.15, -0.1) is 11.8 Å². The van der Waals surface area contributed by atoms with E-state index in [2.05, 4.69) is 20.9 Å². The Balaban J connectivity index is 2.91. The molecule has 3 nitrogen and oxygen atoms in total. The van der Waals surface area contributed by atoms with E-state index < -0.39 is 24.5 Å². The molecule has 1 atom stereocenters. The highest BCUT2D eigenvalue weighted by Crippen LogP contribution is 2.36. The van der Waals surface area contributed by atoms with Crippen molar-refractivity contribution >= 4 is 27.7 Å². The van der Waals surface area contributed by atoms with Crippen molar-refractivity contribution in [3.63, 3.8) is 0 Å². The summed E-state index contributed by atoms with van der Waals surface area (Å²) in [4.78, 5) is 3.65. The predicted octanol–water partition coefficient (Wildman–Crippen LogP) is 2.31. The Morgan fingerprint density at radius 3 is 2.65 bits per heavy atom. The van der Waals surface area contributed by atoms with Gasteiger partial charge >= 0.3 is 6.18 Å². The fourth-order valence-corrected chi connectivity index (χ4v) is 2.22. The van der Waals surface area contributed by atoms with Gasteiger partial charge in [0.1, 0.15) is 5.03 Å². The van der Waals surface area contributed by atoms with Crippen LogP contribution in [0.4, 0.5) is 13.2 Å². The van der Waals surface area contributed by atoms with Gasteiger partial charge in [-0.1, -0.05) is 0 Å². The first-order chi connectivity index (χ1) is 7.84. The molecule has 0 saturated carbocycles. The van der Waals surface area contributed by atoms with Crippen LogP contribution in [0.3, 0.4) is 0 Å². The number of alkyl halides is 3. The van der Waals surface area contributed by atoms with Crippen LogP contribution < -0.4 is 0 Å². The molecule has 96 valence electrons. The van der Waals surface area contributed by atoms with Gasteiger partial charge in [-0.05, 0) is 22.0 Å². The minimum atomic E-state index is -4.50. The maximum Gasteiger partial charge on any atom is 0.419 e. The zero-order chi connectivity index (χ0) is 13.1. The zero-order valence-corrected chi connectivity index (χ0v) is 10.8. The number of halogens is 4. The van der Waals surface area contributed by atoms with Gasteiger partial charge in [0.15, 0.2) is 0 Å². The Morgan fingerprint density at radius 1 is 1.47 bits per heavy atom. The van der Waals surface area contributed by atoms with E-state index in [9.17, 15) is 13.2 Å². The third-order valence-corrected chi connectivity index (χ3v) is 3.33. The summed E-state index contributed by atoms with van der Waals surface area (Å²) in [6.45, 7) is -0.495. The summed E-state index contributed by atoms with van der Waals surface area (Å²) in [5, 5.41) is 17.4. The molecule has 1 aromatic rings. The van der Waals surface area contributed by atoms with Crippen LogP contribution in [-0.2, 0) is 6.18 Å². The quantitative estimate of drug-likeness (QED) is 0.831. The molecule has 1 unspecified atom stereocenters. The van der Waals surface area contributed by atoms with E-state index in [-0.39, 0.29) is 15.3 Å². The minimum absolute atomic E-state index is 0.0474. The van der Waals surface area contributed by atoms with Crippen molar-refractivity contribution in [1.82, 2.24) is 4.98 Å². The van der Waals surface area contributed by atoms with Crippen molar-refractivity contribution < 1.29 is 23.4 Å². The van der Waals surface area contributed by atoms with Crippen LogP contribution in [0.1, 0.15) is 5.56 Å². The molecule has 0 bridgehead atoms. The molecule has 0 aliphatic heterocycles. The molecule has 0 aromatic carbocycles. The second-order valence-corrected chi connectivity index (χ2v) is 5.08. The second-order valence-electron chi connectivity index (χ2n) is 3.15. The summed E-state index contributed by atoms with van der Waals surface area (Å²) in [7, 11) is 0. The monoisotopic (exact) mass is 331 g/mol. The number of pyridine rings is 1. The van der Waals surface area contributed by atoms with Crippen molar-refractivity contribution in [2.45, 2.75) is 17.3 Å². The lowest BCUT2D eigenvalue weighted by Gasteiger charge is -2.12. The molecule has 17 heavy (non-hydrogen) atoms. The van der Waals surface area contributed by atoms with E-state index in [0.717, 1.165) is 17.8 Å². The summed E-state index contributed by atoms with van der Waals surface area (Å²) in [6, 6.07) is 0.931. The summed E-state index contributed by atoms with van der Waals surface area (Å²) in [6.07, 6.45) is -4.31. The van der Waals surface area contributed by atoms with E-state index >= 15 is 0 Å². The summed E-state index contributed by atoms with van der Waals surface area (Å²) in [5.41, 5.74) is -0.859. The van der Waals surface area contributed by atoms with E-state index in [4.69, 9.17) is 10.2 Å². The van der Waals surface area contributed by atoms with Crippen LogP contribution in [0.25, 0.3) is 0 Å². The Hall–Kier alpha value is -0.310. The van der Waals surface area contributed by atoms with Crippen molar-refractivity contribution in [1.29, 1.82) is 0 Å². The lowest BCUT2D eigenvalue weighted by Crippen LogP contribution is -2.16. The lowest BCUT2D eigenvalue weighted by atomic mass is 10.3. The van der Waals surface area contributed by atoms with Crippen LogP contribution in [-0.4, -0.2) is 33.7 Å². The third kappa shape index (κ3) is 4.46. The SMILES string of the molecule is OCC(O)CSc1ncc(Br)cc1C(F)(F)F. The van der Waals surface area contributed by atoms with Crippen LogP contribution in [0, 0.1) is 0 Å². The van der Waals surface area contributed by atoms with Gasteiger partial charge in [0.2, 0.25) is 0 Å². The molecule has 0 spiro atoms. The average molecular weight is 332 g/mol. The molecular formula is C9H9BrF3NO2S. The maximum absolute atomic E-state index is 12.6. The number of aromatic nitrogens is 1. The van der Waals surface area contributed by atoms with Gasteiger partial charge in [-0.3, -0.25) is 0 Å². The van der Waals surface area contributed by atoms with Crippen LogP contribution in [0.2, 0.25) is 0 Å². The number of nitrogens with zero attached hydrogens (tertiary/aromatic N) is 1. The van der Waals surface area contributed by atoms with E-state index in [1.165, 1.54) is 6.20 Å². The highest BCUT2D eigenvalue weighted by Gasteiger charge is 2.34. The molecule has 0 fully saturated rings. The third-order valence-electron chi connectivity index (χ3n) is 1.75. The Labute approximate surface area is 108 Å². The van der Waals surface area contributed by atoms with Crippen molar-refractivity contribution in [3.05, 3.63) is 22.3 Å². The van der Waals surface area contributed by atoms with Crippen LogP contribution in [0.5, 0.6) is 0 Å². The van der Waals surface area contributed by atoms with Crippen molar-refractivity contribution in [2.24, 2.45) is 0 Å². The fourth-order valence-electron chi connectivity index (χ4n) is 0.973. The molecule has 1 aromatic heterocycles. The van der Waals surface area contributed by atoms with Gasteiger partial charge in [-0.25, -0.2) is 4.98 Å². The largest absolute Gasteiger partial charge is 0.419 e. The van der Waals surface area contributed by atoms with Gasteiger partial charge in [0.05, 0.1) is 18.3 Å². The first-order valence-corrected chi connectivity index (χ1v) is 6.27. The first-order valence-electron chi connectivity index (χ1n) is 4.49. The summed E-state index contributed by atoms with van der Waals surface area (Å²) < 4.78 is 38.2. The topological polar surface area (TPSA) is 53.4 Å². The molecule has 8 heteroatoms. The van der Waals surface area contributed by atoms with Crippen molar-refractivity contribution in [3.8, 4) is 0 Å². The molecule has 0 amide bonds. The average Bonchev–Trinajstić information content (AvgIpc) is 2.25. The summed E-state index contributed by atoms with van der Waals surface area (Å²) >= 11 is 3.67. The number of hydrogen-bond donors (Lipinski definition) is 2. The fraction of sp³-hybridized carbons (Fsp3) is 0.444.